The summed E-state index contributed by atoms with van der Waals surface area (Å²) in [6.07, 6.45) is 2.25. The molecule has 0 amide bonds. The summed E-state index contributed by atoms with van der Waals surface area (Å²) in [5.74, 6) is 1.06. The molecule has 0 unspecified atom stereocenters. The van der Waals surface area contributed by atoms with Crippen LogP contribution < -0.4 is 4.74 Å². The molecule has 0 saturated heterocycles. The third-order valence-corrected chi connectivity index (χ3v) is 2.71. The Kier molecular flexibility index (Phi) is 6.05. The average molecular weight is 278 g/mol. The Labute approximate surface area is 122 Å². The Hall–Kier alpha value is -1.51. The number of carbonyl (C=O) groups is 1. The smallest absolute Gasteiger partial charge is 0.344 e. The quantitative estimate of drug-likeness (QED) is 0.738. The van der Waals surface area contributed by atoms with Gasteiger partial charge in [0.2, 0.25) is 0 Å². The van der Waals surface area contributed by atoms with Gasteiger partial charge in [-0.25, -0.2) is 4.79 Å². The summed E-state index contributed by atoms with van der Waals surface area (Å²) in [4.78, 5) is 11.5. The first-order valence-corrected chi connectivity index (χ1v) is 7.20. The van der Waals surface area contributed by atoms with Gasteiger partial charge < -0.3 is 9.47 Å². The molecular formula is C17H26O3. The molecule has 0 N–H and O–H groups in total. The number of rotatable bonds is 6. The number of aryl methyl sites for hydroxylation is 1. The Morgan fingerprint density at radius 1 is 1.15 bits per heavy atom. The summed E-state index contributed by atoms with van der Waals surface area (Å²) in [5, 5.41) is 0. The minimum atomic E-state index is -0.471. The van der Waals surface area contributed by atoms with Crippen molar-refractivity contribution in [2.24, 2.45) is 5.92 Å². The van der Waals surface area contributed by atoms with E-state index >= 15 is 0 Å². The molecule has 20 heavy (non-hydrogen) atoms. The van der Waals surface area contributed by atoms with E-state index in [1.807, 2.05) is 45.0 Å². The van der Waals surface area contributed by atoms with E-state index < -0.39 is 5.60 Å². The Morgan fingerprint density at radius 3 is 2.25 bits per heavy atom. The van der Waals surface area contributed by atoms with Crippen molar-refractivity contribution in [3.8, 4) is 5.75 Å². The van der Waals surface area contributed by atoms with Crippen LogP contribution >= 0.6 is 0 Å². The van der Waals surface area contributed by atoms with E-state index in [9.17, 15) is 4.79 Å². The van der Waals surface area contributed by atoms with E-state index in [1.54, 1.807) is 0 Å². The van der Waals surface area contributed by atoms with Crippen LogP contribution in [-0.4, -0.2) is 18.2 Å². The van der Waals surface area contributed by atoms with Gasteiger partial charge in [-0.15, -0.1) is 0 Å². The van der Waals surface area contributed by atoms with Gasteiger partial charge in [0.05, 0.1) is 0 Å². The zero-order chi connectivity index (χ0) is 15.2. The first-order valence-electron chi connectivity index (χ1n) is 7.20. The summed E-state index contributed by atoms with van der Waals surface area (Å²) < 4.78 is 10.6. The van der Waals surface area contributed by atoms with Gasteiger partial charge in [0.25, 0.3) is 0 Å². The predicted molar refractivity (Wildman–Crippen MR) is 80.9 cm³/mol. The van der Waals surface area contributed by atoms with Crippen molar-refractivity contribution in [1.29, 1.82) is 0 Å². The summed E-state index contributed by atoms with van der Waals surface area (Å²) >= 11 is 0. The molecular weight excluding hydrogens is 252 g/mol. The summed E-state index contributed by atoms with van der Waals surface area (Å²) in [6, 6.07) is 7.90. The fraction of sp³-hybridized carbons (Fsp3) is 0.588. The maximum atomic E-state index is 11.5. The lowest BCUT2D eigenvalue weighted by Crippen LogP contribution is -2.27. The minimum Gasteiger partial charge on any atom is -0.482 e. The van der Waals surface area contributed by atoms with Crippen LogP contribution in [0.2, 0.25) is 0 Å². The van der Waals surface area contributed by atoms with Gasteiger partial charge in [-0.3, -0.25) is 0 Å². The van der Waals surface area contributed by atoms with Crippen LogP contribution in [0.3, 0.4) is 0 Å². The monoisotopic (exact) mass is 278 g/mol. The van der Waals surface area contributed by atoms with Crippen molar-refractivity contribution in [2.45, 2.75) is 53.1 Å². The highest BCUT2D eigenvalue weighted by molar-refractivity contribution is 5.71. The van der Waals surface area contributed by atoms with E-state index in [-0.39, 0.29) is 12.6 Å². The maximum absolute atomic E-state index is 11.5. The molecule has 0 heterocycles. The third kappa shape index (κ3) is 7.17. The molecule has 0 aliphatic heterocycles. The predicted octanol–water partition coefficient (Wildman–Crippen LogP) is 4.00. The van der Waals surface area contributed by atoms with Crippen LogP contribution in [0.1, 0.15) is 46.6 Å². The second kappa shape index (κ2) is 7.32. The molecule has 1 rings (SSSR count). The van der Waals surface area contributed by atoms with Crippen molar-refractivity contribution in [3.63, 3.8) is 0 Å². The number of benzene rings is 1. The molecule has 3 nitrogen and oxygen atoms in total. The topological polar surface area (TPSA) is 35.5 Å². The molecule has 0 aliphatic rings. The fourth-order valence-corrected chi connectivity index (χ4v) is 1.72. The Bertz CT molecular complexity index is 413. The molecule has 112 valence electrons. The van der Waals surface area contributed by atoms with Gasteiger partial charge in [-0.2, -0.15) is 0 Å². The van der Waals surface area contributed by atoms with Gasteiger partial charge in [-0.1, -0.05) is 26.0 Å². The van der Waals surface area contributed by atoms with E-state index in [1.165, 1.54) is 12.0 Å². The van der Waals surface area contributed by atoms with Crippen LogP contribution in [0.25, 0.3) is 0 Å². The van der Waals surface area contributed by atoms with E-state index in [4.69, 9.17) is 9.47 Å². The van der Waals surface area contributed by atoms with E-state index in [0.29, 0.717) is 11.7 Å². The Balaban J connectivity index is 2.40. The summed E-state index contributed by atoms with van der Waals surface area (Å²) in [5.41, 5.74) is 0.824. The molecule has 0 spiro atoms. The van der Waals surface area contributed by atoms with Gasteiger partial charge in [0, 0.05) is 0 Å². The zero-order valence-corrected chi connectivity index (χ0v) is 13.2. The van der Waals surface area contributed by atoms with Crippen molar-refractivity contribution < 1.29 is 14.3 Å². The first kappa shape index (κ1) is 16.5. The van der Waals surface area contributed by atoms with Crippen molar-refractivity contribution in [1.82, 2.24) is 0 Å². The van der Waals surface area contributed by atoms with Crippen LogP contribution in [-0.2, 0) is 16.0 Å². The van der Waals surface area contributed by atoms with Gasteiger partial charge in [0.15, 0.2) is 6.61 Å². The number of ether oxygens (including phenoxy) is 2. The van der Waals surface area contributed by atoms with E-state index in [0.717, 1.165) is 6.42 Å². The van der Waals surface area contributed by atoms with Crippen molar-refractivity contribution in [3.05, 3.63) is 29.8 Å². The minimum absolute atomic E-state index is 0.0530. The van der Waals surface area contributed by atoms with Gasteiger partial charge >= 0.3 is 5.97 Å². The molecule has 0 aliphatic carbocycles. The highest BCUT2D eigenvalue weighted by atomic mass is 16.6. The molecule has 0 bridgehead atoms. The number of hydrogen-bond acceptors (Lipinski definition) is 3. The molecule has 1 aromatic rings. The van der Waals surface area contributed by atoms with Crippen LogP contribution in [0, 0.1) is 5.92 Å². The second-order valence-corrected chi connectivity index (χ2v) is 6.45. The standard InChI is InChI=1S/C17H26O3/c1-13(2)6-7-14-8-10-15(11-9-14)19-12-16(18)20-17(3,4)5/h8-11,13H,6-7,12H2,1-5H3. The number of hydrogen-bond donors (Lipinski definition) is 0. The average Bonchev–Trinajstić information content (AvgIpc) is 2.33. The molecule has 0 atom stereocenters. The number of carbonyl (C=O) groups excluding carboxylic acids is 1. The molecule has 3 heteroatoms. The molecule has 0 aromatic heterocycles. The van der Waals surface area contributed by atoms with Gasteiger partial charge in [0.1, 0.15) is 11.4 Å². The molecule has 0 fully saturated rings. The molecule has 1 aromatic carbocycles. The largest absolute Gasteiger partial charge is 0.482 e. The normalized spacial score (nSPS) is 11.5. The zero-order valence-electron chi connectivity index (χ0n) is 13.2. The maximum Gasteiger partial charge on any atom is 0.344 e. The van der Waals surface area contributed by atoms with Crippen LogP contribution in [0.5, 0.6) is 5.75 Å². The second-order valence-electron chi connectivity index (χ2n) is 6.45. The molecule has 0 radical (unpaired) electrons. The summed E-state index contributed by atoms with van der Waals surface area (Å²) in [7, 11) is 0. The number of esters is 1. The lowest BCUT2D eigenvalue weighted by Gasteiger charge is -2.19. The van der Waals surface area contributed by atoms with Gasteiger partial charge in [-0.05, 0) is 57.2 Å². The highest BCUT2D eigenvalue weighted by Crippen LogP contribution is 2.15. The Morgan fingerprint density at radius 2 is 1.75 bits per heavy atom. The summed E-state index contributed by atoms with van der Waals surface area (Å²) in [6.45, 7) is 9.91. The first-order chi connectivity index (χ1) is 9.26. The molecule has 0 saturated carbocycles. The van der Waals surface area contributed by atoms with E-state index in [2.05, 4.69) is 13.8 Å². The SMILES string of the molecule is CC(C)CCc1ccc(OCC(=O)OC(C)(C)C)cc1. The van der Waals surface area contributed by atoms with Crippen LogP contribution in [0.15, 0.2) is 24.3 Å². The highest BCUT2D eigenvalue weighted by Gasteiger charge is 2.16. The fourth-order valence-electron chi connectivity index (χ4n) is 1.72. The van der Waals surface area contributed by atoms with Crippen molar-refractivity contribution >= 4 is 5.97 Å². The van der Waals surface area contributed by atoms with Crippen LogP contribution in [0.4, 0.5) is 0 Å². The third-order valence-electron chi connectivity index (χ3n) is 2.71. The van der Waals surface area contributed by atoms with Crippen molar-refractivity contribution in [2.75, 3.05) is 6.61 Å². The lowest BCUT2D eigenvalue weighted by molar-refractivity contribution is -0.157. The lowest BCUT2D eigenvalue weighted by atomic mass is 10.0.